The van der Waals surface area contributed by atoms with Crippen LogP contribution >= 0.6 is 0 Å². The van der Waals surface area contributed by atoms with Gasteiger partial charge in [-0.25, -0.2) is 0 Å². The Bertz CT molecular complexity index is 1750. The summed E-state index contributed by atoms with van der Waals surface area (Å²) in [6.07, 6.45) is 6.29. The van der Waals surface area contributed by atoms with E-state index in [1.165, 1.54) is 0 Å². The average molecular weight is 643 g/mol. The van der Waals surface area contributed by atoms with Gasteiger partial charge in [-0.2, -0.15) is 0 Å². The first-order valence-corrected chi connectivity index (χ1v) is 15.6. The second kappa shape index (κ2) is 14.4. The number of rotatable bonds is 14. The summed E-state index contributed by atoms with van der Waals surface area (Å²) >= 11 is 0. The van der Waals surface area contributed by atoms with Crippen molar-refractivity contribution >= 4 is 17.8 Å². The van der Waals surface area contributed by atoms with Gasteiger partial charge in [-0.05, 0) is 74.6 Å². The molecular weight excluding hydrogens is 604 g/mol. The minimum atomic E-state index is -0.0107. The number of aromatic nitrogens is 2. The number of nitrogens with zero attached hydrogens (tertiary/aromatic N) is 4. The van der Waals surface area contributed by atoms with E-state index in [-0.39, 0.29) is 11.9 Å². The number of unbranched alkanes of at least 4 members (excludes halogenated alkanes) is 2. The Kier molecular flexibility index (Phi) is 9.75. The number of benzene rings is 3. The van der Waals surface area contributed by atoms with E-state index in [4.69, 9.17) is 32.8 Å². The SMILES string of the molecule is COc1ccc(-c2nnc(-c3ccc(OC)c(OCCCCCOc4cc5c(cc4OC)C(=O)N4CCC[C@H]4C=N5)c3)o2)cc1OC. The summed E-state index contributed by atoms with van der Waals surface area (Å²) in [7, 11) is 6.33. The lowest BCUT2D eigenvalue weighted by Gasteiger charge is -2.20. The molecule has 0 N–H and O–H groups in total. The number of hydrogen-bond donors (Lipinski definition) is 0. The number of fused-ring (bicyclic) bond motifs is 2. The van der Waals surface area contributed by atoms with E-state index >= 15 is 0 Å². The third-order valence-corrected chi connectivity index (χ3v) is 8.23. The second-order valence-electron chi connectivity index (χ2n) is 11.1. The van der Waals surface area contributed by atoms with Crippen LogP contribution in [0.5, 0.6) is 34.5 Å². The molecule has 3 aromatic carbocycles. The minimum Gasteiger partial charge on any atom is -0.493 e. The number of carbonyl (C=O) groups is 1. The first kappa shape index (κ1) is 31.7. The van der Waals surface area contributed by atoms with E-state index in [0.717, 1.165) is 38.6 Å². The molecule has 1 fully saturated rings. The third-order valence-electron chi connectivity index (χ3n) is 8.23. The van der Waals surface area contributed by atoms with Crippen LogP contribution in [-0.4, -0.2) is 81.5 Å². The molecule has 2 aliphatic rings. The maximum absolute atomic E-state index is 13.1. The molecule has 0 radical (unpaired) electrons. The maximum atomic E-state index is 13.1. The molecule has 0 saturated carbocycles. The van der Waals surface area contributed by atoms with Crippen molar-refractivity contribution in [3.63, 3.8) is 0 Å². The molecule has 47 heavy (non-hydrogen) atoms. The number of carbonyl (C=O) groups excluding carboxylic acids is 1. The zero-order valence-electron chi connectivity index (χ0n) is 27.0. The Labute approximate surface area is 273 Å². The van der Waals surface area contributed by atoms with Crippen molar-refractivity contribution in [3.05, 3.63) is 54.1 Å². The van der Waals surface area contributed by atoms with Crippen LogP contribution in [-0.2, 0) is 0 Å². The Balaban J connectivity index is 1.02. The van der Waals surface area contributed by atoms with Gasteiger partial charge in [0.1, 0.15) is 0 Å². The van der Waals surface area contributed by atoms with Crippen LogP contribution in [0.15, 0.2) is 57.9 Å². The number of hydrogen-bond acceptors (Lipinski definition) is 11. The fourth-order valence-corrected chi connectivity index (χ4v) is 5.71. The largest absolute Gasteiger partial charge is 0.493 e. The quantitative estimate of drug-likeness (QED) is 0.143. The van der Waals surface area contributed by atoms with Crippen LogP contribution < -0.4 is 28.4 Å². The van der Waals surface area contributed by atoms with Crippen molar-refractivity contribution in [1.82, 2.24) is 15.1 Å². The molecular formula is C35H38N4O8. The number of amides is 1. The summed E-state index contributed by atoms with van der Waals surface area (Å²) in [5.41, 5.74) is 2.57. The van der Waals surface area contributed by atoms with Gasteiger partial charge in [-0.15, -0.1) is 10.2 Å². The summed E-state index contributed by atoms with van der Waals surface area (Å²) < 4.78 is 39.9. The molecule has 0 unspecified atom stereocenters. The lowest BCUT2D eigenvalue weighted by atomic mass is 10.1. The van der Waals surface area contributed by atoms with Gasteiger partial charge in [0.05, 0.1) is 58.9 Å². The van der Waals surface area contributed by atoms with Crippen LogP contribution in [0.25, 0.3) is 22.9 Å². The van der Waals surface area contributed by atoms with Crippen molar-refractivity contribution in [2.24, 2.45) is 4.99 Å². The molecule has 2 aliphatic heterocycles. The smallest absolute Gasteiger partial charge is 0.256 e. The molecule has 12 heteroatoms. The fourth-order valence-electron chi connectivity index (χ4n) is 5.71. The van der Waals surface area contributed by atoms with Crippen LogP contribution in [0.3, 0.4) is 0 Å². The van der Waals surface area contributed by atoms with Crippen molar-refractivity contribution in [2.45, 2.75) is 38.1 Å². The van der Waals surface area contributed by atoms with Crippen LogP contribution in [0.1, 0.15) is 42.5 Å². The Hall–Kier alpha value is -5.26. The topological polar surface area (TPSA) is 127 Å². The maximum Gasteiger partial charge on any atom is 0.256 e. The van der Waals surface area contributed by atoms with Gasteiger partial charge in [0.2, 0.25) is 11.8 Å². The van der Waals surface area contributed by atoms with E-state index in [9.17, 15) is 4.79 Å². The highest BCUT2D eigenvalue weighted by atomic mass is 16.5. The zero-order valence-corrected chi connectivity index (χ0v) is 27.0. The van der Waals surface area contributed by atoms with E-state index in [2.05, 4.69) is 15.2 Å². The third kappa shape index (κ3) is 6.81. The molecule has 0 bridgehead atoms. The molecule has 12 nitrogen and oxygen atoms in total. The van der Waals surface area contributed by atoms with Crippen molar-refractivity contribution in [2.75, 3.05) is 48.2 Å². The second-order valence-corrected chi connectivity index (χ2v) is 11.1. The number of aliphatic imine (C=N–C) groups is 1. The summed E-state index contributed by atoms with van der Waals surface area (Å²) in [6.45, 7) is 1.72. The minimum absolute atomic E-state index is 0.0107. The Morgan fingerprint density at radius 1 is 0.723 bits per heavy atom. The van der Waals surface area contributed by atoms with Gasteiger partial charge in [0.25, 0.3) is 5.91 Å². The molecule has 0 aliphatic carbocycles. The summed E-state index contributed by atoms with van der Waals surface area (Å²) in [5, 5.41) is 8.45. The molecule has 3 heterocycles. The molecule has 6 rings (SSSR count). The monoisotopic (exact) mass is 642 g/mol. The molecule has 0 spiro atoms. The van der Waals surface area contributed by atoms with E-state index in [1.807, 2.05) is 35.4 Å². The van der Waals surface area contributed by atoms with Crippen molar-refractivity contribution in [1.29, 1.82) is 0 Å². The van der Waals surface area contributed by atoms with Gasteiger partial charge in [0.15, 0.2) is 34.5 Å². The van der Waals surface area contributed by atoms with Crippen LogP contribution in [0, 0.1) is 0 Å². The highest BCUT2D eigenvalue weighted by Crippen LogP contribution is 2.39. The van der Waals surface area contributed by atoms with Gasteiger partial charge in [-0.3, -0.25) is 9.79 Å². The molecule has 1 amide bonds. The lowest BCUT2D eigenvalue weighted by molar-refractivity contribution is 0.0774. The highest BCUT2D eigenvalue weighted by Gasteiger charge is 2.32. The molecule has 1 aromatic heterocycles. The van der Waals surface area contributed by atoms with Gasteiger partial charge < -0.3 is 37.7 Å². The van der Waals surface area contributed by atoms with Gasteiger partial charge >= 0.3 is 0 Å². The molecule has 1 atom stereocenters. The fraction of sp³-hybridized carbons (Fsp3) is 0.371. The number of ether oxygens (including phenoxy) is 6. The number of methoxy groups -OCH3 is 4. The zero-order chi connectivity index (χ0) is 32.8. The summed E-state index contributed by atoms with van der Waals surface area (Å²) in [5.74, 6) is 4.16. The lowest BCUT2D eigenvalue weighted by Crippen LogP contribution is -2.35. The van der Waals surface area contributed by atoms with E-state index in [0.29, 0.717) is 81.9 Å². The first-order valence-electron chi connectivity index (χ1n) is 15.6. The standard InChI is InChI=1S/C35H38N4O8/c1-41-27-12-10-22(17-29(27)43-3)33-37-38-34(47-33)23-11-13-28(42-2)31(18-23)45-15-6-5-7-16-46-32-20-26-25(19-30(32)44-4)35(40)39-14-8-9-24(39)21-36-26/h10-13,17-21,24H,5-9,14-16H2,1-4H3/t24-/m0/s1. The van der Waals surface area contributed by atoms with Crippen LogP contribution in [0.4, 0.5) is 5.69 Å². The predicted octanol–water partition coefficient (Wildman–Crippen LogP) is 6.39. The summed E-state index contributed by atoms with van der Waals surface area (Å²) in [6, 6.07) is 14.5. The predicted molar refractivity (Wildman–Crippen MR) is 175 cm³/mol. The van der Waals surface area contributed by atoms with Crippen molar-refractivity contribution < 1.29 is 37.6 Å². The Morgan fingerprint density at radius 3 is 1.94 bits per heavy atom. The average Bonchev–Trinajstić information content (AvgIpc) is 3.78. The Morgan fingerprint density at radius 2 is 1.30 bits per heavy atom. The first-order chi connectivity index (χ1) is 23.0. The van der Waals surface area contributed by atoms with Gasteiger partial charge in [-0.1, -0.05) is 0 Å². The molecule has 246 valence electrons. The summed E-state index contributed by atoms with van der Waals surface area (Å²) in [4.78, 5) is 19.6. The molecule has 1 saturated heterocycles. The normalized spacial score (nSPS) is 15.1. The van der Waals surface area contributed by atoms with Crippen molar-refractivity contribution in [3.8, 4) is 57.4 Å². The van der Waals surface area contributed by atoms with E-state index < -0.39 is 0 Å². The van der Waals surface area contributed by atoms with Gasteiger partial charge in [0, 0.05) is 30.0 Å². The van der Waals surface area contributed by atoms with E-state index in [1.54, 1.807) is 52.7 Å². The van der Waals surface area contributed by atoms with Crippen LogP contribution in [0.2, 0.25) is 0 Å². The highest BCUT2D eigenvalue weighted by molar-refractivity contribution is 6.03. The molecule has 4 aromatic rings.